The van der Waals surface area contributed by atoms with E-state index in [1.54, 1.807) is 17.2 Å². The van der Waals surface area contributed by atoms with E-state index in [1.165, 1.54) is 0 Å². The Morgan fingerprint density at radius 1 is 1.43 bits per heavy atom. The van der Waals surface area contributed by atoms with Crippen molar-refractivity contribution >= 4 is 29.9 Å². The first-order chi connectivity index (χ1) is 9.66. The predicted octanol–water partition coefficient (Wildman–Crippen LogP) is 2.33. The molecule has 1 aliphatic rings. The smallest absolute Gasteiger partial charge is 0.257 e. The summed E-state index contributed by atoms with van der Waals surface area (Å²) >= 11 is 6.18. The molecule has 21 heavy (non-hydrogen) atoms. The summed E-state index contributed by atoms with van der Waals surface area (Å²) in [5.74, 6) is -0.0541. The number of likely N-dealkylation sites (tertiary alicyclic amines) is 1. The number of benzene rings is 1. The Morgan fingerprint density at radius 3 is 2.86 bits per heavy atom. The van der Waals surface area contributed by atoms with Crippen LogP contribution in [0.15, 0.2) is 30.5 Å². The second kappa shape index (κ2) is 6.47. The number of aromatic nitrogens is 2. The minimum atomic E-state index is -0.0541. The fourth-order valence-corrected chi connectivity index (χ4v) is 2.69. The van der Waals surface area contributed by atoms with Gasteiger partial charge in [0.05, 0.1) is 17.5 Å². The number of hydrogen-bond donors (Lipinski definition) is 2. The van der Waals surface area contributed by atoms with Gasteiger partial charge in [-0.3, -0.25) is 9.89 Å². The van der Waals surface area contributed by atoms with E-state index in [-0.39, 0.29) is 24.4 Å². The number of amides is 1. The lowest BCUT2D eigenvalue weighted by Gasteiger charge is -2.15. The maximum atomic E-state index is 12.5. The first kappa shape index (κ1) is 15.8. The van der Waals surface area contributed by atoms with Gasteiger partial charge in [-0.15, -0.1) is 12.4 Å². The van der Waals surface area contributed by atoms with E-state index in [4.69, 9.17) is 17.3 Å². The van der Waals surface area contributed by atoms with Gasteiger partial charge in [0.2, 0.25) is 0 Å². The Labute approximate surface area is 133 Å². The normalized spacial score (nSPS) is 17.6. The van der Waals surface area contributed by atoms with Gasteiger partial charge in [0.1, 0.15) is 0 Å². The molecule has 1 aliphatic heterocycles. The highest BCUT2D eigenvalue weighted by molar-refractivity contribution is 6.33. The van der Waals surface area contributed by atoms with Crippen LogP contribution >= 0.6 is 24.0 Å². The maximum Gasteiger partial charge on any atom is 0.257 e. The number of carbonyl (C=O) groups is 1. The molecule has 0 aliphatic carbocycles. The third-order valence-corrected chi connectivity index (χ3v) is 3.85. The van der Waals surface area contributed by atoms with Crippen LogP contribution in [-0.2, 0) is 0 Å². The highest BCUT2D eigenvalue weighted by Crippen LogP contribution is 2.29. The number of nitrogens with one attached hydrogen (secondary N) is 1. The van der Waals surface area contributed by atoms with Crippen LogP contribution in [0.1, 0.15) is 16.8 Å². The van der Waals surface area contributed by atoms with Gasteiger partial charge in [-0.2, -0.15) is 5.10 Å². The highest BCUT2D eigenvalue weighted by Gasteiger charge is 2.27. The molecule has 3 N–H and O–H groups in total. The molecular weight excluding hydrogens is 311 g/mol. The summed E-state index contributed by atoms with van der Waals surface area (Å²) in [6, 6.07) is 7.44. The lowest BCUT2D eigenvalue weighted by atomic mass is 10.1. The van der Waals surface area contributed by atoms with Gasteiger partial charge >= 0.3 is 0 Å². The standard InChI is InChI=1S/C14H15ClN4O.ClH/c15-12-4-2-1-3-10(12)13-11(7-17-18-13)14(20)19-6-5-9(16)8-19;/h1-4,7,9H,5-6,8,16H2,(H,17,18);1H/t9-;/m1./s1. The van der Waals surface area contributed by atoms with E-state index in [9.17, 15) is 4.79 Å². The van der Waals surface area contributed by atoms with Crippen LogP contribution in [0.2, 0.25) is 5.02 Å². The lowest BCUT2D eigenvalue weighted by Crippen LogP contribution is -2.31. The zero-order valence-corrected chi connectivity index (χ0v) is 12.8. The average Bonchev–Trinajstić information content (AvgIpc) is 3.07. The summed E-state index contributed by atoms with van der Waals surface area (Å²) in [5.41, 5.74) is 7.82. The summed E-state index contributed by atoms with van der Waals surface area (Å²) in [7, 11) is 0. The van der Waals surface area contributed by atoms with Gasteiger partial charge in [-0.1, -0.05) is 29.8 Å². The molecule has 1 aromatic heterocycles. The van der Waals surface area contributed by atoms with Crippen LogP contribution < -0.4 is 5.73 Å². The van der Waals surface area contributed by atoms with Gasteiger partial charge in [-0.05, 0) is 12.5 Å². The Morgan fingerprint density at radius 2 is 2.19 bits per heavy atom. The molecule has 2 aromatic rings. The Hall–Kier alpha value is -1.56. The molecule has 1 saturated heterocycles. The fourth-order valence-electron chi connectivity index (χ4n) is 2.46. The number of H-pyrrole nitrogens is 1. The van der Waals surface area contributed by atoms with Crippen molar-refractivity contribution in [2.24, 2.45) is 5.73 Å². The Balaban J connectivity index is 0.00000161. The highest BCUT2D eigenvalue weighted by atomic mass is 35.5. The van der Waals surface area contributed by atoms with Crippen molar-refractivity contribution in [2.45, 2.75) is 12.5 Å². The third-order valence-electron chi connectivity index (χ3n) is 3.52. The summed E-state index contributed by atoms with van der Waals surface area (Å²) in [6.07, 6.45) is 2.38. The molecule has 5 nitrogen and oxygen atoms in total. The summed E-state index contributed by atoms with van der Waals surface area (Å²) in [4.78, 5) is 14.3. The summed E-state index contributed by atoms with van der Waals surface area (Å²) in [5, 5.41) is 7.44. The number of aromatic amines is 1. The van der Waals surface area contributed by atoms with Crippen LogP contribution in [0.25, 0.3) is 11.3 Å². The van der Waals surface area contributed by atoms with Crippen molar-refractivity contribution in [3.05, 3.63) is 41.0 Å². The molecule has 0 radical (unpaired) electrons. The third kappa shape index (κ3) is 3.05. The zero-order chi connectivity index (χ0) is 14.1. The molecule has 0 bridgehead atoms. The van der Waals surface area contributed by atoms with E-state index >= 15 is 0 Å². The van der Waals surface area contributed by atoms with E-state index in [2.05, 4.69) is 10.2 Å². The molecule has 3 rings (SSSR count). The van der Waals surface area contributed by atoms with Crippen molar-refractivity contribution in [2.75, 3.05) is 13.1 Å². The lowest BCUT2D eigenvalue weighted by molar-refractivity contribution is 0.0791. The quantitative estimate of drug-likeness (QED) is 0.889. The van der Waals surface area contributed by atoms with E-state index in [1.807, 2.05) is 18.2 Å². The van der Waals surface area contributed by atoms with Gasteiger partial charge in [-0.25, -0.2) is 0 Å². The first-order valence-corrected chi connectivity index (χ1v) is 6.87. The molecule has 7 heteroatoms. The van der Waals surface area contributed by atoms with E-state index in [0.717, 1.165) is 12.0 Å². The van der Waals surface area contributed by atoms with Crippen LogP contribution in [0.5, 0.6) is 0 Å². The van der Waals surface area contributed by atoms with Crippen LogP contribution in [0.4, 0.5) is 0 Å². The van der Waals surface area contributed by atoms with Crippen molar-refractivity contribution in [3.63, 3.8) is 0 Å². The molecule has 1 atom stereocenters. The molecule has 0 unspecified atom stereocenters. The SMILES string of the molecule is Cl.N[C@@H]1CCN(C(=O)c2cn[nH]c2-c2ccccc2Cl)C1. The topological polar surface area (TPSA) is 75.0 Å². The molecule has 2 heterocycles. The van der Waals surface area contributed by atoms with Crippen molar-refractivity contribution < 1.29 is 4.79 Å². The monoisotopic (exact) mass is 326 g/mol. The maximum absolute atomic E-state index is 12.5. The largest absolute Gasteiger partial charge is 0.337 e. The minimum Gasteiger partial charge on any atom is -0.337 e. The molecule has 1 amide bonds. The van der Waals surface area contributed by atoms with E-state index < -0.39 is 0 Å². The van der Waals surface area contributed by atoms with Gasteiger partial charge in [0.15, 0.2) is 0 Å². The second-order valence-corrected chi connectivity index (χ2v) is 5.35. The number of nitrogens with two attached hydrogens (primary N) is 1. The number of nitrogens with zero attached hydrogens (tertiary/aromatic N) is 2. The Bertz CT molecular complexity index is 643. The number of rotatable bonds is 2. The van der Waals surface area contributed by atoms with Crippen LogP contribution in [0, 0.1) is 0 Å². The molecular formula is C14H16Cl2N4O. The molecule has 1 fully saturated rings. The molecule has 112 valence electrons. The number of halogens is 2. The summed E-state index contributed by atoms with van der Waals surface area (Å²) in [6.45, 7) is 1.28. The molecule has 0 saturated carbocycles. The minimum absolute atomic E-state index is 0. The van der Waals surface area contributed by atoms with Gasteiger partial charge in [0.25, 0.3) is 5.91 Å². The number of carbonyl (C=O) groups excluding carboxylic acids is 1. The average molecular weight is 327 g/mol. The van der Waals surface area contributed by atoms with Crippen molar-refractivity contribution in [1.82, 2.24) is 15.1 Å². The predicted molar refractivity (Wildman–Crippen MR) is 84.8 cm³/mol. The zero-order valence-electron chi connectivity index (χ0n) is 11.3. The van der Waals surface area contributed by atoms with Crippen molar-refractivity contribution in [3.8, 4) is 11.3 Å². The van der Waals surface area contributed by atoms with Gasteiger partial charge < -0.3 is 10.6 Å². The number of hydrogen-bond acceptors (Lipinski definition) is 3. The van der Waals surface area contributed by atoms with Crippen LogP contribution in [0.3, 0.4) is 0 Å². The molecule has 0 spiro atoms. The molecule has 1 aromatic carbocycles. The van der Waals surface area contributed by atoms with Crippen LogP contribution in [-0.4, -0.2) is 40.1 Å². The fraction of sp³-hybridized carbons (Fsp3) is 0.286. The first-order valence-electron chi connectivity index (χ1n) is 6.50. The second-order valence-electron chi connectivity index (χ2n) is 4.94. The van der Waals surface area contributed by atoms with E-state index in [0.29, 0.717) is 29.4 Å². The van der Waals surface area contributed by atoms with Crippen molar-refractivity contribution in [1.29, 1.82) is 0 Å². The van der Waals surface area contributed by atoms with Gasteiger partial charge in [0, 0.05) is 29.7 Å². The summed E-state index contributed by atoms with van der Waals surface area (Å²) < 4.78 is 0. The Kier molecular flexibility index (Phi) is 4.88.